The quantitative estimate of drug-likeness (QED) is 0.116. The van der Waals surface area contributed by atoms with Crippen molar-refractivity contribution in [1.82, 2.24) is 0 Å². The van der Waals surface area contributed by atoms with Gasteiger partial charge in [0.05, 0.1) is 11.9 Å². The van der Waals surface area contributed by atoms with Crippen molar-refractivity contribution in [1.29, 1.82) is 0 Å². The van der Waals surface area contributed by atoms with Crippen LogP contribution in [-0.2, 0) is 23.9 Å². The van der Waals surface area contributed by atoms with E-state index in [1.807, 2.05) is 13.8 Å². The number of thiol groups is 2. The van der Waals surface area contributed by atoms with E-state index < -0.39 is 35.2 Å². The number of hydrogen-bond acceptors (Lipinski definition) is 11. The van der Waals surface area contributed by atoms with Crippen LogP contribution in [0.2, 0.25) is 0 Å². The van der Waals surface area contributed by atoms with Crippen LogP contribution in [0.15, 0.2) is 0 Å². The first-order valence-electron chi connectivity index (χ1n) is 9.68. The van der Waals surface area contributed by atoms with Crippen LogP contribution in [0.1, 0.15) is 79.1 Å². The zero-order valence-electron chi connectivity index (χ0n) is 18.7. The summed E-state index contributed by atoms with van der Waals surface area (Å²) in [4.78, 5) is 39.3. The Morgan fingerprint density at radius 1 is 0.806 bits per heavy atom. The van der Waals surface area contributed by atoms with E-state index >= 15 is 0 Å². The molecule has 0 aliphatic heterocycles. The maximum atomic E-state index is 10.0. The summed E-state index contributed by atoms with van der Waals surface area (Å²) in [5.41, 5.74) is 0. The van der Waals surface area contributed by atoms with Gasteiger partial charge in [-0.25, -0.2) is 0 Å². The average Bonchev–Trinajstić information content (AvgIpc) is 2.71. The van der Waals surface area contributed by atoms with E-state index in [4.69, 9.17) is 5.11 Å². The van der Waals surface area contributed by atoms with Gasteiger partial charge in [0, 0.05) is 22.9 Å². The maximum absolute atomic E-state index is 10.0. The van der Waals surface area contributed by atoms with Crippen LogP contribution in [0.25, 0.3) is 0 Å². The minimum absolute atomic E-state index is 0. The molecule has 0 rings (SSSR count). The Kier molecular flexibility index (Phi) is 41.4. The molecule has 12 heteroatoms. The van der Waals surface area contributed by atoms with Gasteiger partial charge in [-0.1, -0.05) is 53.4 Å². The Morgan fingerprint density at radius 2 is 1.13 bits per heavy atom. The fourth-order valence-corrected chi connectivity index (χ4v) is 1.57. The molecule has 0 aliphatic carbocycles. The molecule has 0 radical (unpaired) electrons. The molecule has 0 fully saturated rings. The molecular formula is C19H36O9S2Sn. The van der Waals surface area contributed by atoms with E-state index in [2.05, 4.69) is 30.0 Å². The first-order valence-corrected chi connectivity index (χ1v) is 10.7. The van der Waals surface area contributed by atoms with Crippen LogP contribution in [-0.4, -0.2) is 70.2 Å². The zero-order chi connectivity index (χ0) is 24.5. The molecule has 1 N–H and O–H groups in total. The predicted molar refractivity (Wildman–Crippen MR) is 121 cm³/mol. The predicted octanol–water partition coefficient (Wildman–Crippen LogP) is -1.16. The monoisotopic (exact) mass is 592 g/mol. The number of hydrogen-bond donors (Lipinski definition) is 3. The Hall–Kier alpha value is -0.661. The summed E-state index contributed by atoms with van der Waals surface area (Å²) in [5.74, 6) is -3.49. The Bertz CT molecular complexity index is 428. The first kappa shape index (κ1) is 40.7. The second-order valence-electron chi connectivity index (χ2n) is 5.68. The first-order chi connectivity index (χ1) is 13.9. The number of aliphatic carboxylic acids is 3. The van der Waals surface area contributed by atoms with Crippen molar-refractivity contribution >= 4 is 73.0 Å². The van der Waals surface area contributed by atoms with E-state index in [0.29, 0.717) is 19.3 Å². The van der Waals surface area contributed by atoms with Crippen LogP contribution in [0.5, 0.6) is 0 Å². The van der Waals surface area contributed by atoms with Crippen molar-refractivity contribution < 1.29 is 44.3 Å². The van der Waals surface area contributed by atoms with Gasteiger partial charge < -0.3 is 39.5 Å². The summed E-state index contributed by atoms with van der Waals surface area (Å²) in [6.45, 7) is 6.71. The van der Waals surface area contributed by atoms with Gasteiger partial charge in [-0.05, 0) is 19.3 Å². The molecule has 0 bridgehead atoms. The molecule has 31 heavy (non-hydrogen) atoms. The van der Waals surface area contributed by atoms with Crippen molar-refractivity contribution in [2.75, 3.05) is 6.79 Å². The van der Waals surface area contributed by atoms with Gasteiger partial charge in [0.1, 0.15) is 0 Å². The molecule has 0 saturated heterocycles. The second-order valence-corrected chi connectivity index (χ2v) is 6.93. The third-order valence-electron chi connectivity index (χ3n) is 3.01. The number of rotatable bonds is 11. The van der Waals surface area contributed by atoms with Gasteiger partial charge in [0.25, 0.3) is 0 Å². The molecule has 2 unspecified atom stereocenters. The third kappa shape index (κ3) is 43.9. The van der Waals surface area contributed by atoms with Gasteiger partial charge in [-0.3, -0.25) is 4.79 Å². The van der Waals surface area contributed by atoms with Crippen LogP contribution >= 0.6 is 25.3 Å². The van der Waals surface area contributed by atoms with E-state index in [1.165, 1.54) is 6.92 Å². The molecule has 9 nitrogen and oxygen atoms in total. The van der Waals surface area contributed by atoms with Gasteiger partial charge in [-0.15, -0.1) is 0 Å². The Labute approximate surface area is 213 Å². The molecular weight excluding hydrogens is 555 g/mol. The number of carbonyl (C=O) groups excluding carboxylic acids is 4. The number of ether oxygens (including phenoxy) is 1. The van der Waals surface area contributed by atoms with E-state index in [1.54, 1.807) is 6.92 Å². The van der Waals surface area contributed by atoms with E-state index in [9.17, 15) is 34.5 Å². The number of aliphatic hydroxyl groups is 1. The van der Waals surface area contributed by atoms with Crippen LogP contribution in [0.3, 0.4) is 0 Å². The van der Waals surface area contributed by atoms with Crippen molar-refractivity contribution in [3.63, 3.8) is 0 Å². The summed E-state index contributed by atoms with van der Waals surface area (Å²) >= 11 is 7.59. The van der Waals surface area contributed by atoms with Gasteiger partial charge >= 0.3 is 29.9 Å². The molecule has 0 aromatic heterocycles. The normalized spacial score (nSPS) is 10.7. The Balaban J connectivity index is -0.0000000980. The number of carboxylic acid groups (broad SMARTS) is 3. The molecule has 0 aromatic carbocycles. The SMILES string of the molecule is CCC(=O)OCO.CCC(=O)[O-].CCCCC(S)C(=O)[O-].CCCCC(S)C(=O)[O-].[SnH+3]. The fourth-order valence-electron chi connectivity index (χ4n) is 1.20. The summed E-state index contributed by atoms with van der Waals surface area (Å²) < 4.78 is 4.11. The number of carboxylic acids is 3. The van der Waals surface area contributed by atoms with Gasteiger partial charge in [0.2, 0.25) is 0 Å². The third-order valence-corrected chi connectivity index (χ3v) is 3.95. The Morgan fingerprint density at radius 3 is 1.26 bits per heavy atom. The average molecular weight is 591 g/mol. The summed E-state index contributed by atoms with van der Waals surface area (Å²) in [7, 11) is 0. The topological polar surface area (TPSA) is 167 Å². The molecule has 0 aromatic rings. The summed E-state index contributed by atoms with van der Waals surface area (Å²) in [5, 5.41) is 36.1. The van der Waals surface area contributed by atoms with Crippen molar-refractivity contribution in [3.8, 4) is 0 Å². The number of carbonyl (C=O) groups is 4. The van der Waals surface area contributed by atoms with E-state index in [0.717, 1.165) is 25.7 Å². The minimum atomic E-state index is -1.06. The molecule has 0 spiro atoms. The summed E-state index contributed by atoms with van der Waals surface area (Å²) in [6, 6.07) is 0. The van der Waals surface area contributed by atoms with Gasteiger partial charge in [-0.2, -0.15) is 25.3 Å². The van der Waals surface area contributed by atoms with Crippen LogP contribution in [0, 0.1) is 0 Å². The van der Waals surface area contributed by atoms with Gasteiger partial charge in [0.15, 0.2) is 6.79 Å². The summed E-state index contributed by atoms with van der Waals surface area (Å²) in [6.07, 6.45) is 5.48. The molecule has 0 saturated carbocycles. The number of aliphatic hydroxyl groups excluding tert-OH is 1. The molecule has 0 heterocycles. The van der Waals surface area contributed by atoms with E-state index in [-0.39, 0.29) is 36.3 Å². The second kappa shape index (κ2) is 31.5. The zero-order valence-corrected chi connectivity index (χ0v) is 23.8. The van der Waals surface area contributed by atoms with Crippen LogP contribution in [0.4, 0.5) is 0 Å². The van der Waals surface area contributed by atoms with Crippen LogP contribution < -0.4 is 15.3 Å². The standard InChI is InChI=1S/2C6H12O2S.C4H8O3.C3H6O2.Sn.H/c2*1-2-3-4-5(9)6(7)8;1-2-4(6)7-3-5;1-2-3(4)5;;/h2*5,9H,2-4H2,1H3,(H,7,8);5H,2-3H2,1H3;2H2,1H3,(H,4,5);;/q;;;;+3;/p-3. The number of esters is 1. The molecule has 0 amide bonds. The molecule has 0 aliphatic rings. The fraction of sp³-hybridized carbons (Fsp3) is 0.789. The number of unbranched alkanes of at least 4 members (excludes halogenated alkanes) is 2. The molecule has 2 atom stereocenters. The van der Waals surface area contributed by atoms with Crippen molar-refractivity contribution in [2.45, 2.75) is 89.6 Å². The van der Waals surface area contributed by atoms with Crippen molar-refractivity contribution in [3.05, 3.63) is 0 Å². The van der Waals surface area contributed by atoms with Crippen molar-refractivity contribution in [2.24, 2.45) is 0 Å². The molecule has 182 valence electrons.